The molecule has 2 aromatic carbocycles. The monoisotopic (exact) mass is 324 g/mol. The van der Waals surface area contributed by atoms with Crippen molar-refractivity contribution in [3.8, 4) is 5.75 Å². The van der Waals surface area contributed by atoms with Gasteiger partial charge in [0, 0.05) is 6.08 Å². The summed E-state index contributed by atoms with van der Waals surface area (Å²) in [4.78, 5) is 16.2. The van der Waals surface area contributed by atoms with E-state index in [0.29, 0.717) is 13.2 Å². The summed E-state index contributed by atoms with van der Waals surface area (Å²) in [5.74, 6) is 0.646. The third kappa shape index (κ3) is 4.40. The Morgan fingerprint density at radius 3 is 2.74 bits per heavy atom. The Morgan fingerprint density at radius 1 is 1.13 bits per heavy atom. The van der Waals surface area contributed by atoms with Gasteiger partial charge in [0.25, 0.3) is 0 Å². The van der Waals surface area contributed by atoms with Crippen LogP contribution in [-0.2, 0) is 4.79 Å². The molecule has 23 heavy (non-hydrogen) atoms. The van der Waals surface area contributed by atoms with Crippen molar-refractivity contribution < 1.29 is 9.53 Å². The lowest BCUT2D eigenvalue weighted by atomic mass is 10.3. The van der Waals surface area contributed by atoms with E-state index in [4.69, 9.17) is 4.74 Å². The number of nitrogens with zero attached hydrogens (tertiary/aromatic N) is 1. The summed E-state index contributed by atoms with van der Waals surface area (Å²) < 4.78 is 6.62. The molecule has 0 unspecified atom stereocenters. The Morgan fingerprint density at radius 2 is 1.91 bits per heavy atom. The van der Waals surface area contributed by atoms with Crippen LogP contribution in [0.15, 0.2) is 60.7 Å². The van der Waals surface area contributed by atoms with Gasteiger partial charge in [-0.2, -0.15) is 0 Å². The van der Waals surface area contributed by atoms with Crippen LogP contribution in [0.5, 0.6) is 5.75 Å². The highest BCUT2D eigenvalue weighted by molar-refractivity contribution is 7.19. The zero-order valence-corrected chi connectivity index (χ0v) is 13.3. The molecule has 1 amide bonds. The van der Waals surface area contributed by atoms with Crippen LogP contribution in [0.1, 0.15) is 5.01 Å². The van der Waals surface area contributed by atoms with Crippen molar-refractivity contribution in [3.63, 3.8) is 0 Å². The average molecular weight is 324 g/mol. The standard InChI is InChI=1S/C18H16N2O2S/c21-17(19-12-13-22-14-6-2-1-3-7-14)10-11-18-20-15-8-4-5-9-16(15)23-18/h1-11H,12-13H2,(H,19,21). The number of hydrogen-bond donors (Lipinski definition) is 1. The molecule has 0 aliphatic heterocycles. The predicted octanol–water partition coefficient (Wildman–Crippen LogP) is 3.50. The summed E-state index contributed by atoms with van der Waals surface area (Å²) in [5.41, 5.74) is 0.953. The van der Waals surface area contributed by atoms with Gasteiger partial charge in [0.1, 0.15) is 17.4 Å². The molecule has 0 saturated heterocycles. The predicted molar refractivity (Wildman–Crippen MR) is 93.6 cm³/mol. The van der Waals surface area contributed by atoms with Gasteiger partial charge in [-0.3, -0.25) is 4.79 Å². The van der Waals surface area contributed by atoms with Crippen LogP contribution >= 0.6 is 11.3 Å². The maximum absolute atomic E-state index is 11.8. The van der Waals surface area contributed by atoms with Crippen LogP contribution in [0.2, 0.25) is 0 Å². The molecule has 0 atom stereocenters. The Balaban J connectivity index is 1.45. The Labute approximate surface area is 138 Å². The molecule has 0 radical (unpaired) electrons. The normalized spacial score (nSPS) is 11.0. The first-order valence-corrected chi connectivity index (χ1v) is 8.12. The largest absolute Gasteiger partial charge is 0.492 e. The molecule has 3 rings (SSSR count). The molecule has 0 fully saturated rings. The number of thiazole rings is 1. The number of carbonyl (C=O) groups is 1. The first-order valence-electron chi connectivity index (χ1n) is 7.30. The SMILES string of the molecule is O=C(C=Cc1nc2ccccc2s1)NCCOc1ccccc1. The average Bonchev–Trinajstić information content (AvgIpc) is 3.01. The summed E-state index contributed by atoms with van der Waals surface area (Å²) in [6.45, 7) is 0.892. The molecule has 0 saturated carbocycles. The van der Waals surface area contributed by atoms with Gasteiger partial charge in [0.05, 0.1) is 16.8 Å². The number of nitrogens with one attached hydrogen (secondary N) is 1. The summed E-state index contributed by atoms with van der Waals surface area (Å²) in [6.07, 6.45) is 3.23. The van der Waals surface area contributed by atoms with Gasteiger partial charge in [0.2, 0.25) is 5.91 Å². The van der Waals surface area contributed by atoms with E-state index in [-0.39, 0.29) is 5.91 Å². The quantitative estimate of drug-likeness (QED) is 0.558. The van der Waals surface area contributed by atoms with Crippen LogP contribution in [0, 0.1) is 0 Å². The third-order valence-electron chi connectivity index (χ3n) is 3.10. The van der Waals surface area contributed by atoms with Crippen molar-refractivity contribution >= 4 is 33.5 Å². The number of fused-ring (bicyclic) bond motifs is 1. The van der Waals surface area contributed by atoms with Crippen molar-refractivity contribution in [2.45, 2.75) is 0 Å². The van der Waals surface area contributed by atoms with Crippen LogP contribution in [0.25, 0.3) is 16.3 Å². The van der Waals surface area contributed by atoms with E-state index in [0.717, 1.165) is 21.0 Å². The molecule has 4 nitrogen and oxygen atoms in total. The van der Waals surface area contributed by atoms with Crippen LogP contribution in [-0.4, -0.2) is 24.0 Å². The molecule has 0 spiro atoms. The number of benzene rings is 2. The number of ether oxygens (including phenoxy) is 1. The minimum atomic E-state index is -0.152. The molecule has 1 N–H and O–H groups in total. The summed E-state index contributed by atoms with van der Waals surface area (Å²) >= 11 is 1.56. The van der Waals surface area contributed by atoms with Crippen LogP contribution in [0.4, 0.5) is 0 Å². The Bertz CT molecular complexity index is 779. The molecule has 1 aromatic heterocycles. The van der Waals surface area contributed by atoms with E-state index >= 15 is 0 Å². The summed E-state index contributed by atoms with van der Waals surface area (Å²) in [7, 11) is 0. The maximum Gasteiger partial charge on any atom is 0.244 e. The number of aromatic nitrogens is 1. The minimum Gasteiger partial charge on any atom is -0.492 e. The van der Waals surface area contributed by atoms with Crippen LogP contribution < -0.4 is 10.1 Å². The highest BCUT2D eigenvalue weighted by Gasteiger charge is 2.01. The fourth-order valence-electron chi connectivity index (χ4n) is 2.03. The second-order valence-corrected chi connectivity index (χ2v) is 5.87. The Hall–Kier alpha value is -2.66. The lowest BCUT2D eigenvalue weighted by molar-refractivity contribution is -0.116. The highest BCUT2D eigenvalue weighted by Crippen LogP contribution is 2.22. The molecule has 116 valence electrons. The van der Waals surface area contributed by atoms with E-state index in [1.54, 1.807) is 17.4 Å². The van der Waals surface area contributed by atoms with E-state index in [1.165, 1.54) is 6.08 Å². The van der Waals surface area contributed by atoms with E-state index in [2.05, 4.69) is 10.3 Å². The minimum absolute atomic E-state index is 0.152. The van der Waals surface area contributed by atoms with Crippen molar-refractivity contribution in [2.75, 3.05) is 13.2 Å². The van der Waals surface area contributed by atoms with Crippen molar-refractivity contribution in [1.29, 1.82) is 0 Å². The Kier molecular flexibility index (Phi) is 5.01. The third-order valence-corrected chi connectivity index (χ3v) is 4.10. The highest BCUT2D eigenvalue weighted by atomic mass is 32.1. The first kappa shape index (κ1) is 15.2. The van der Waals surface area contributed by atoms with Gasteiger partial charge in [-0.1, -0.05) is 30.3 Å². The lowest BCUT2D eigenvalue weighted by Gasteiger charge is -2.05. The van der Waals surface area contributed by atoms with Gasteiger partial charge in [0.15, 0.2) is 0 Å². The van der Waals surface area contributed by atoms with Crippen molar-refractivity contribution in [1.82, 2.24) is 10.3 Å². The number of hydrogen-bond acceptors (Lipinski definition) is 4. The molecule has 0 aliphatic carbocycles. The number of rotatable bonds is 6. The van der Waals surface area contributed by atoms with Gasteiger partial charge in [-0.25, -0.2) is 4.98 Å². The molecule has 5 heteroatoms. The molecule has 0 bridgehead atoms. The number of para-hydroxylation sites is 2. The molecular weight excluding hydrogens is 308 g/mol. The van der Waals surface area contributed by atoms with Crippen molar-refractivity contribution in [2.24, 2.45) is 0 Å². The van der Waals surface area contributed by atoms with Crippen molar-refractivity contribution in [3.05, 3.63) is 65.7 Å². The fourth-order valence-corrected chi connectivity index (χ4v) is 2.90. The molecule has 0 aliphatic rings. The molecular formula is C18H16N2O2S. The first-order chi connectivity index (χ1) is 11.3. The molecule has 1 heterocycles. The zero-order chi connectivity index (χ0) is 15.9. The lowest BCUT2D eigenvalue weighted by Crippen LogP contribution is -2.26. The van der Waals surface area contributed by atoms with E-state index < -0.39 is 0 Å². The van der Waals surface area contributed by atoms with Gasteiger partial charge in [-0.15, -0.1) is 11.3 Å². The smallest absolute Gasteiger partial charge is 0.244 e. The van der Waals surface area contributed by atoms with Gasteiger partial charge in [-0.05, 0) is 30.3 Å². The number of amides is 1. The second kappa shape index (κ2) is 7.56. The summed E-state index contributed by atoms with van der Waals surface area (Å²) in [6, 6.07) is 17.4. The summed E-state index contributed by atoms with van der Waals surface area (Å²) in [5, 5.41) is 3.60. The van der Waals surface area contributed by atoms with E-state index in [9.17, 15) is 4.79 Å². The zero-order valence-electron chi connectivity index (χ0n) is 12.4. The van der Waals surface area contributed by atoms with Gasteiger partial charge < -0.3 is 10.1 Å². The van der Waals surface area contributed by atoms with Crippen LogP contribution in [0.3, 0.4) is 0 Å². The fraction of sp³-hybridized carbons (Fsp3) is 0.111. The number of carbonyl (C=O) groups excluding carboxylic acids is 1. The van der Waals surface area contributed by atoms with Gasteiger partial charge >= 0.3 is 0 Å². The second-order valence-electron chi connectivity index (χ2n) is 4.81. The molecule has 3 aromatic rings. The topological polar surface area (TPSA) is 51.2 Å². The van der Waals surface area contributed by atoms with E-state index in [1.807, 2.05) is 54.6 Å². The maximum atomic E-state index is 11.8.